The molecule has 0 spiro atoms. The maximum atomic E-state index is 10.2. The molecule has 0 unspecified atom stereocenters. The molecule has 0 atom stereocenters. The fraction of sp³-hybridized carbons (Fsp3) is 0. The average Bonchev–Trinajstić information content (AvgIpc) is 3.05. The predicted octanol–water partition coefficient (Wildman–Crippen LogP) is 3.39. The second kappa shape index (κ2) is 4.96. The van der Waals surface area contributed by atoms with Crippen LogP contribution in [0, 0.1) is 0 Å². The van der Waals surface area contributed by atoms with Crippen LogP contribution in [-0.2, 0) is 0 Å². The molecule has 4 aromatic rings. The summed E-state index contributed by atoms with van der Waals surface area (Å²) in [5, 5.41) is 19.4. The van der Waals surface area contributed by atoms with Gasteiger partial charge in [0.05, 0.1) is 5.56 Å². The van der Waals surface area contributed by atoms with Crippen molar-refractivity contribution in [1.29, 1.82) is 0 Å². The number of nitrogens with one attached hydrogen (secondary N) is 1. The maximum Gasteiger partial charge on any atom is 0.181 e. The van der Waals surface area contributed by atoms with Crippen molar-refractivity contribution in [2.75, 3.05) is 0 Å². The van der Waals surface area contributed by atoms with Crippen LogP contribution in [-0.4, -0.2) is 25.3 Å². The third-order valence-corrected chi connectivity index (χ3v) is 3.54. The lowest BCUT2D eigenvalue weighted by molar-refractivity contribution is 0.477. The minimum atomic E-state index is 0.177. The topological polar surface area (TPSA) is 74.7 Å². The highest BCUT2D eigenvalue weighted by molar-refractivity contribution is 5.89. The van der Waals surface area contributed by atoms with E-state index in [1.54, 1.807) is 18.5 Å². The number of H-pyrrole nitrogens is 1. The number of rotatable bonds is 2. The number of aromatic hydroxyl groups is 1. The van der Waals surface area contributed by atoms with Gasteiger partial charge >= 0.3 is 0 Å². The Morgan fingerprint density at radius 1 is 0.909 bits per heavy atom. The lowest BCUT2D eigenvalue weighted by Crippen LogP contribution is -1.84. The first-order valence-corrected chi connectivity index (χ1v) is 6.86. The van der Waals surface area contributed by atoms with Crippen LogP contribution in [0.15, 0.2) is 60.9 Å². The van der Waals surface area contributed by atoms with Crippen LogP contribution in [0.2, 0.25) is 0 Å². The van der Waals surface area contributed by atoms with E-state index in [9.17, 15) is 5.11 Å². The normalized spacial score (nSPS) is 10.9. The summed E-state index contributed by atoms with van der Waals surface area (Å²) in [5.74, 6) is 1.29. The summed E-state index contributed by atoms with van der Waals surface area (Å²) in [5.41, 5.74) is 1.50. The van der Waals surface area contributed by atoms with Crippen molar-refractivity contribution in [2.24, 2.45) is 0 Å². The van der Waals surface area contributed by atoms with Crippen LogP contribution in [0.3, 0.4) is 0 Å². The molecule has 106 valence electrons. The zero-order valence-corrected chi connectivity index (χ0v) is 11.6. The molecule has 2 aromatic carbocycles. The first kappa shape index (κ1) is 12.5. The van der Waals surface area contributed by atoms with Gasteiger partial charge in [0, 0.05) is 18.0 Å². The third-order valence-electron chi connectivity index (χ3n) is 3.54. The molecule has 0 radical (unpaired) electrons. The quantitative estimate of drug-likeness (QED) is 0.593. The number of fused-ring (bicyclic) bond motifs is 1. The number of aromatic amines is 1. The molecule has 0 aliphatic heterocycles. The van der Waals surface area contributed by atoms with Gasteiger partial charge in [-0.05, 0) is 35.0 Å². The van der Waals surface area contributed by atoms with Crippen LogP contribution >= 0.6 is 0 Å². The zero-order chi connectivity index (χ0) is 14.9. The molecule has 2 N–H and O–H groups in total. The summed E-state index contributed by atoms with van der Waals surface area (Å²) in [4.78, 5) is 8.44. The molecule has 0 fully saturated rings. The van der Waals surface area contributed by atoms with Crippen molar-refractivity contribution in [1.82, 2.24) is 20.2 Å². The first-order valence-electron chi connectivity index (χ1n) is 6.86. The second-order valence-electron chi connectivity index (χ2n) is 4.96. The van der Waals surface area contributed by atoms with E-state index in [0.717, 1.165) is 16.3 Å². The van der Waals surface area contributed by atoms with Crippen molar-refractivity contribution in [3.05, 3.63) is 60.9 Å². The van der Waals surface area contributed by atoms with Crippen molar-refractivity contribution in [3.63, 3.8) is 0 Å². The molecule has 0 aliphatic rings. The number of aromatic nitrogens is 4. The molecular weight excluding hydrogens is 276 g/mol. The maximum absolute atomic E-state index is 10.2. The summed E-state index contributed by atoms with van der Waals surface area (Å²) in [7, 11) is 0. The van der Waals surface area contributed by atoms with Gasteiger partial charge in [0.1, 0.15) is 5.75 Å². The molecule has 22 heavy (non-hydrogen) atoms. The highest BCUT2D eigenvalue weighted by Crippen LogP contribution is 2.32. The van der Waals surface area contributed by atoms with E-state index in [4.69, 9.17) is 0 Å². The van der Waals surface area contributed by atoms with Crippen LogP contribution < -0.4 is 0 Å². The average molecular weight is 288 g/mol. The fourth-order valence-corrected chi connectivity index (χ4v) is 2.43. The summed E-state index contributed by atoms with van der Waals surface area (Å²) in [6.45, 7) is 0. The third kappa shape index (κ3) is 2.09. The number of phenolic OH excluding ortho intramolecular Hbond substituents is 1. The van der Waals surface area contributed by atoms with E-state index in [2.05, 4.69) is 20.2 Å². The van der Waals surface area contributed by atoms with E-state index < -0.39 is 0 Å². The lowest BCUT2D eigenvalue weighted by atomic mass is 10.1. The van der Waals surface area contributed by atoms with Crippen molar-refractivity contribution in [2.45, 2.75) is 0 Å². The molecule has 0 bridgehead atoms. The van der Waals surface area contributed by atoms with E-state index in [1.807, 2.05) is 42.5 Å². The molecule has 0 saturated carbocycles. The van der Waals surface area contributed by atoms with Gasteiger partial charge in [-0.1, -0.05) is 24.3 Å². The van der Waals surface area contributed by atoms with Crippen LogP contribution in [0.5, 0.6) is 5.75 Å². The first-order chi connectivity index (χ1) is 10.8. The van der Waals surface area contributed by atoms with Gasteiger partial charge in [0.25, 0.3) is 0 Å². The number of hydrogen-bond acceptors (Lipinski definition) is 4. The Morgan fingerprint density at radius 3 is 2.41 bits per heavy atom. The highest BCUT2D eigenvalue weighted by atomic mass is 16.3. The summed E-state index contributed by atoms with van der Waals surface area (Å²) >= 11 is 0. The SMILES string of the molecule is Oc1cc2ccccc2cc1-c1nc(-c2ccncc2)n[nH]1. The van der Waals surface area contributed by atoms with E-state index >= 15 is 0 Å². The number of phenols is 1. The molecule has 5 heteroatoms. The molecule has 2 heterocycles. The van der Waals surface area contributed by atoms with Crippen LogP contribution in [0.1, 0.15) is 0 Å². The van der Waals surface area contributed by atoms with Crippen molar-refractivity contribution >= 4 is 10.8 Å². The molecule has 4 rings (SSSR count). The largest absolute Gasteiger partial charge is 0.507 e. The molecule has 0 amide bonds. The standard InChI is InChI=1S/C17H12N4O/c22-15-10-13-4-2-1-3-12(13)9-14(15)17-19-16(20-21-17)11-5-7-18-8-6-11/h1-10,22H,(H,19,20,21). The van der Waals surface area contributed by atoms with Gasteiger partial charge in [-0.3, -0.25) is 10.1 Å². The lowest BCUT2D eigenvalue weighted by Gasteiger charge is -2.04. The highest BCUT2D eigenvalue weighted by Gasteiger charge is 2.12. The molecule has 0 aliphatic carbocycles. The molecule has 5 nitrogen and oxygen atoms in total. The van der Waals surface area contributed by atoms with Gasteiger partial charge in [-0.25, -0.2) is 4.98 Å². The van der Waals surface area contributed by atoms with Gasteiger partial charge in [-0.2, -0.15) is 5.10 Å². The number of hydrogen-bond donors (Lipinski definition) is 2. The Morgan fingerprint density at radius 2 is 1.64 bits per heavy atom. The minimum Gasteiger partial charge on any atom is -0.507 e. The summed E-state index contributed by atoms with van der Waals surface area (Å²) < 4.78 is 0. The zero-order valence-electron chi connectivity index (χ0n) is 11.6. The van der Waals surface area contributed by atoms with Crippen molar-refractivity contribution in [3.8, 4) is 28.5 Å². The number of pyridine rings is 1. The van der Waals surface area contributed by atoms with E-state index in [0.29, 0.717) is 17.2 Å². The van der Waals surface area contributed by atoms with E-state index in [1.165, 1.54) is 0 Å². The number of nitrogens with zero attached hydrogens (tertiary/aromatic N) is 3. The van der Waals surface area contributed by atoms with Gasteiger partial charge in [0.15, 0.2) is 11.6 Å². The minimum absolute atomic E-state index is 0.177. The Kier molecular flexibility index (Phi) is 2.83. The Balaban J connectivity index is 1.82. The predicted molar refractivity (Wildman–Crippen MR) is 84.2 cm³/mol. The Hall–Kier alpha value is -3.21. The van der Waals surface area contributed by atoms with Crippen LogP contribution in [0.25, 0.3) is 33.5 Å². The van der Waals surface area contributed by atoms with E-state index in [-0.39, 0.29) is 5.75 Å². The molecule has 2 aromatic heterocycles. The summed E-state index contributed by atoms with van der Waals surface area (Å²) in [6.07, 6.45) is 3.39. The molecular formula is C17H12N4O. The number of benzene rings is 2. The van der Waals surface area contributed by atoms with Gasteiger partial charge in [-0.15, -0.1) is 0 Å². The fourth-order valence-electron chi connectivity index (χ4n) is 2.43. The Bertz CT molecular complexity index is 947. The monoisotopic (exact) mass is 288 g/mol. The van der Waals surface area contributed by atoms with Gasteiger partial charge in [0.2, 0.25) is 0 Å². The van der Waals surface area contributed by atoms with Gasteiger partial charge < -0.3 is 5.11 Å². The smallest absolute Gasteiger partial charge is 0.181 e. The van der Waals surface area contributed by atoms with Crippen molar-refractivity contribution < 1.29 is 5.11 Å². The summed E-state index contributed by atoms with van der Waals surface area (Å²) in [6, 6.07) is 15.2. The molecule has 0 saturated heterocycles. The Labute approximate surface area is 126 Å². The second-order valence-corrected chi connectivity index (χ2v) is 4.96. The van der Waals surface area contributed by atoms with Crippen LogP contribution in [0.4, 0.5) is 0 Å².